The van der Waals surface area contributed by atoms with Crippen LogP contribution in [0.1, 0.15) is 32.6 Å². The molecule has 0 aromatic heterocycles. The van der Waals surface area contributed by atoms with Crippen LogP contribution in [-0.4, -0.2) is 0 Å². The monoisotopic (exact) mass is 175 g/mol. The summed E-state index contributed by atoms with van der Waals surface area (Å²) in [6.45, 7) is 2.04. The summed E-state index contributed by atoms with van der Waals surface area (Å²) in [5.41, 5.74) is 0. The summed E-state index contributed by atoms with van der Waals surface area (Å²) >= 11 is 0. The molecule has 0 saturated heterocycles. The van der Waals surface area contributed by atoms with Crippen molar-refractivity contribution in [3.63, 3.8) is 0 Å². The van der Waals surface area contributed by atoms with E-state index in [9.17, 15) is 0 Å². The smallest absolute Gasteiger partial charge is 0.0908 e. The molecular formula is C12H17N. The van der Waals surface area contributed by atoms with Crippen LogP contribution in [0.3, 0.4) is 0 Å². The number of hydrogen-bond donors (Lipinski definition) is 0. The van der Waals surface area contributed by atoms with Gasteiger partial charge in [0.2, 0.25) is 0 Å². The van der Waals surface area contributed by atoms with Crippen LogP contribution in [0.2, 0.25) is 0 Å². The van der Waals surface area contributed by atoms with Crippen LogP contribution in [0.5, 0.6) is 0 Å². The largest absolute Gasteiger partial charge is 0.193 e. The molecule has 0 bridgehead atoms. The molecule has 0 amide bonds. The second-order valence-electron chi connectivity index (χ2n) is 2.73. The lowest BCUT2D eigenvalue weighted by atomic mass is 10.2. The average Bonchev–Trinajstić information content (AvgIpc) is 2.16. The fraction of sp³-hybridized carbons (Fsp3) is 0.417. The molecule has 13 heavy (non-hydrogen) atoms. The summed E-state index contributed by atoms with van der Waals surface area (Å²) in [5, 5.41) is 8.20. The van der Waals surface area contributed by atoms with Gasteiger partial charge in [-0.05, 0) is 32.6 Å². The molecule has 70 valence electrons. The highest BCUT2D eigenvalue weighted by atomic mass is 14.2. The summed E-state index contributed by atoms with van der Waals surface area (Å²) in [7, 11) is 0. The maximum atomic E-state index is 8.20. The molecule has 0 saturated carbocycles. The minimum Gasteiger partial charge on any atom is -0.193 e. The van der Waals surface area contributed by atoms with Gasteiger partial charge in [0.05, 0.1) is 6.07 Å². The van der Waals surface area contributed by atoms with E-state index in [1.165, 1.54) is 6.08 Å². The van der Waals surface area contributed by atoms with Crippen LogP contribution < -0.4 is 0 Å². The molecule has 0 fully saturated rings. The van der Waals surface area contributed by atoms with Crippen LogP contribution in [0.4, 0.5) is 0 Å². The Kier molecular flexibility index (Phi) is 9.65. The lowest BCUT2D eigenvalue weighted by Gasteiger charge is -1.86. The Bertz CT molecular complexity index is 216. The Morgan fingerprint density at radius 1 is 0.923 bits per heavy atom. The normalized spacial score (nSPS) is 11.7. The van der Waals surface area contributed by atoms with Crippen molar-refractivity contribution in [3.05, 3.63) is 36.5 Å². The number of allylic oxidation sites excluding steroid dienone is 6. The van der Waals surface area contributed by atoms with E-state index in [4.69, 9.17) is 5.26 Å². The summed E-state index contributed by atoms with van der Waals surface area (Å²) in [4.78, 5) is 0. The number of nitriles is 1. The van der Waals surface area contributed by atoms with Crippen LogP contribution in [0.25, 0.3) is 0 Å². The van der Waals surface area contributed by atoms with E-state index in [1.807, 2.05) is 19.1 Å². The molecule has 0 aromatic carbocycles. The fourth-order valence-corrected chi connectivity index (χ4v) is 0.923. The van der Waals surface area contributed by atoms with Crippen molar-refractivity contribution in [1.82, 2.24) is 0 Å². The number of hydrogen-bond acceptors (Lipinski definition) is 1. The van der Waals surface area contributed by atoms with E-state index >= 15 is 0 Å². The molecule has 0 aliphatic carbocycles. The first-order chi connectivity index (χ1) is 6.41. The Labute approximate surface area is 81.1 Å². The van der Waals surface area contributed by atoms with Crippen molar-refractivity contribution in [1.29, 1.82) is 5.26 Å². The van der Waals surface area contributed by atoms with Crippen molar-refractivity contribution in [3.8, 4) is 6.07 Å². The van der Waals surface area contributed by atoms with E-state index in [1.54, 1.807) is 0 Å². The van der Waals surface area contributed by atoms with Crippen molar-refractivity contribution >= 4 is 0 Å². The highest BCUT2D eigenvalue weighted by Crippen LogP contribution is 1.97. The van der Waals surface area contributed by atoms with E-state index in [2.05, 4.69) is 24.3 Å². The van der Waals surface area contributed by atoms with Crippen LogP contribution in [0.15, 0.2) is 36.5 Å². The molecule has 0 radical (unpaired) electrons. The predicted octanol–water partition coefficient (Wildman–Crippen LogP) is 3.76. The summed E-state index contributed by atoms with van der Waals surface area (Å²) in [6, 6.07) is 1.97. The molecule has 1 nitrogen and oxygen atoms in total. The molecule has 0 spiro atoms. The van der Waals surface area contributed by atoms with Crippen molar-refractivity contribution < 1.29 is 0 Å². The van der Waals surface area contributed by atoms with E-state index in [0.29, 0.717) is 0 Å². The Hall–Kier alpha value is -1.29. The van der Waals surface area contributed by atoms with Gasteiger partial charge in [0.1, 0.15) is 0 Å². The quantitative estimate of drug-likeness (QED) is 0.342. The highest BCUT2D eigenvalue weighted by molar-refractivity contribution is 5.02. The lowest BCUT2D eigenvalue weighted by Crippen LogP contribution is -1.66. The molecule has 0 rings (SSSR count). The zero-order chi connectivity index (χ0) is 9.78. The molecule has 0 atom stereocenters. The van der Waals surface area contributed by atoms with Gasteiger partial charge in [0, 0.05) is 6.08 Å². The maximum absolute atomic E-state index is 8.20. The molecule has 0 aromatic rings. The van der Waals surface area contributed by atoms with Gasteiger partial charge >= 0.3 is 0 Å². The third kappa shape index (κ3) is 10.7. The van der Waals surface area contributed by atoms with Crippen LogP contribution >= 0.6 is 0 Å². The zero-order valence-electron chi connectivity index (χ0n) is 8.24. The van der Waals surface area contributed by atoms with Crippen molar-refractivity contribution in [2.45, 2.75) is 32.6 Å². The van der Waals surface area contributed by atoms with Gasteiger partial charge in [-0.15, -0.1) is 0 Å². The second-order valence-corrected chi connectivity index (χ2v) is 2.73. The zero-order valence-corrected chi connectivity index (χ0v) is 8.24. The van der Waals surface area contributed by atoms with E-state index in [-0.39, 0.29) is 0 Å². The third-order valence-electron chi connectivity index (χ3n) is 1.59. The van der Waals surface area contributed by atoms with E-state index < -0.39 is 0 Å². The lowest BCUT2D eigenvalue weighted by molar-refractivity contribution is 1.00. The fourth-order valence-electron chi connectivity index (χ4n) is 0.923. The maximum Gasteiger partial charge on any atom is 0.0908 e. The SMILES string of the molecule is C/C=C/CC/C=C/CC/C=C/C#N. The molecule has 1 heteroatoms. The van der Waals surface area contributed by atoms with Gasteiger partial charge in [-0.3, -0.25) is 0 Å². The standard InChI is InChI=1S/C12H17N/c1-2-3-4-5-6-7-8-9-10-11-12-13/h2-3,6-7,10-11H,4-5,8-9H2,1H3/b3-2+,7-6+,11-10+. The van der Waals surface area contributed by atoms with Gasteiger partial charge in [-0.25, -0.2) is 0 Å². The number of rotatable bonds is 6. The molecule has 0 N–H and O–H groups in total. The Balaban J connectivity index is 3.23. The minimum atomic E-state index is 0.966. The number of nitrogens with zero attached hydrogens (tertiary/aromatic N) is 1. The second kappa shape index (κ2) is 10.7. The van der Waals surface area contributed by atoms with Gasteiger partial charge in [-0.1, -0.05) is 30.4 Å². The Morgan fingerprint density at radius 3 is 2.00 bits per heavy atom. The molecule has 0 aliphatic rings. The van der Waals surface area contributed by atoms with Crippen molar-refractivity contribution in [2.24, 2.45) is 0 Å². The van der Waals surface area contributed by atoms with Gasteiger partial charge in [0.25, 0.3) is 0 Å². The topological polar surface area (TPSA) is 23.8 Å². The Morgan fingerprint density at radius 2 is 1.46 bits per heavy atom. The van der Waals surface area contributed by atoms with Crippen LogP contribution in [-0.2, 0) is 0 Å². The first-order valence-electron chi connectivity index (χ1n) is 4.72. The van der Waals surface area contributed by atoms with Crippen molar-refractivity contribution in [2.75, 3.05) is 0 Å². The van der Waals surface area contributed by atoms with Crippen LogP contribution in [0, 0.1) is 11.3 Å². The van der Waals surface area contributed by atoms with Gasteiger partial charge in [0.15, 0.2) is 0 Å². The molecule has 0 heterocycles. The van der Waals surface area contributed by atoms with Gasteiger partial charge < -0.3 is 0 Å². The van der Waals surface area contributed by atoms with Gasteiger partial charge in [-0.2, -0.15) is 5.26 Å². The molecular weight excluding hydrogens is 158 g/mol. The average molecular weight is 175 g/mol. The first kappa shape index (κ1) is 11.7. The highest BCUT2D eigenvalue weighted by Gasteiger charge is 1.77. The summed E-state index contributed by atoms with van der Waals surface area (Å²) in [6.07, 6.45) is 16.3. The minimum absolute atomic E-state index is 0.966. The summed E-state index contributed by atoms with van der Waals surface area (Å²) < 4.78 is 0. The molecule has 0 unspecified atom stereocenters. The predicted molar refractivity (Wildman–Crippen MR) is 57.2 cm³/mol. The summed E-state index contributed by atoms with van der Waals surface area (Å²) in [5.74, 6) is 0. The first-order valence-corrected chi connectivity index (χ1v) is 4.72. The number of unbranched alkanes of at least 4 members (excludes halogenated alkanes) is 2. The van der Waals surface area contributed by atoms with E-state index in [0.717, 1.165) is 25.7 Å². The molecule has 0 aliphatic heterocycles. The third-order valence-corrected chi connectivity index (χ3v) is 1.59.